The van der Waals surface area contributed by atoms with Crippen molar-refractivity contribution in [1.82, 2.24) is 0 Å². The Morgan fingerprint density at radius 2 is 2.00 bits per heavy atom. The monoisotopic (exact) mass is 276 g/mol. The Hall–Kier alpha value is -1.84. The molecule has 108 valence electrons. The molecule has 4 heteroatoms. The van der Waals surface area contributed by atoms with E-state index in [1.807, 2.05) is 6.07 Å². The maximum atomic E-state index is 11.7. The number of methoxy groups -OCH3 is 1. The summed E-state index contributed by atoms with van der Waals surface area (Å²) in [5.74, 6) is -0.0478. The molecule has 1 aliphatic carbocycles. The molecule has 1 aliphatic rings. The number of hydrogen-bond acceptors (Lipinski definition) is 4. The van der Waals surface area contributed by atoms with Crippen LogP contribution in [0.15, 0.2) is 24.3 Å². The molecule has 20 heavy (non-hydrogen) atoms. The first-order valence-electron chi connectivity index (χ1n) is 7.02. The molecule has 0 saturated heterocycles. The van der Waals surface area contributed by atoms with E-state index in [1.54, 1.807) is 18.2 Å². The fourth-order valence-electron chi connectivity index (χ4n) is 2.58. The molecule has 0 heterocycles. The van der Waals surface area contributed by atoms with Gasteiger partial charge in [-0.05, 0) is 36.5 Å². The smallest absolute Gasteiger partial charge is 0.337 e. The standard InChI is InChI=1S/C16H20O4/c1-19-16(18)14-8-4-7-13(9-14)11-20-15(17)10-12-5-2-3-6-12/h4,7-9,12H,2-3,5-6,10-11H2,1H3. The lowest BCUT2D eigenvalue weighted by Gasteiger charge is -2.09. The van der Waals surface area contributed by atoms with Gasteiger partial charge < -0.3 is 9.47 Å². The lowest BCUT2D eigenvalue weighted by molar-refractivity contribution is -0.146. The summed E-state index contributed by atoms with van der Waals surface area (Å²) in [6.45, 7) is 0.205. The fraction of sp³-hybridized carbons (Fsp3) is 0.500. The predicted octanol–water partition coefficient (Wildman–Crippen LogP) is 3.10. The molecule has 1 fully saturated rings. The number of carbonyl (C=O) groups excluding carboxylic acids is 2. The summed E-state index contributed by atoms with van der Waals surface area (Å²) in [4.78, 5) is 23.1. The molecule has 0 N–H and O–H groups in total. The number of rotatable bonds is 5. The molecule has 4 nitrogen and oxygen atoms in total. The van der Waals surface area contributed by atoms with E-state index in [9.17, 15) is 9.59 Å². The van der Waals surface area contributed by atoms with Crippen LogP contribution in [0.3, 0.4) is 0 Å². The number of hydrogen-bond donors (Lipinski definition) is 0. The Morgan fingerprint density at radius 1 is 1.25 bits per heavy atom. The van der Waals surface area contributed by atoms with E-state index in [0.29, 0.717) is 17.9 Å². The molecule has 2 rings (SSSR count). The summed E-state index contributed by atoms with van der Waals surface area (Å²) in [5.41, 5.74) is 1.27. The van der Waals surface area contributed by atoms with Gasteiger partial charge in [-0.15, -0.1) is 0 Å². The molecule has 0 aliphatic heterocycles. The van der Waals surface area contributed by atoms with Crippen molar-refractivity contribution in [2.24, 2.45) is 5.92 Å². The van der Waals surface area contributed by atoms with Crippen molar-refractivity contribution in [1.29, 1.82) is 0 Å². The second-order valence-corrected chi connectivity index (χ2v) is 5.21. The van der Waals surface area contributed by atoms with Crippen LogP contribution in [0.4, 0.5) is 0 Å². The molecule has 0 atom stereocenters. The molecule has 0 aromatic heterocycles. The van der Waals surface area contributed by atoms with E-state index in [2.05, 4.69) is 4.74 Å². The molecule has 0 amide bonds. The second kappa shape index (κ2) is 7.08. The van der Waals surface area contributed by atoms with Crippen LogP contribution in [0, 0.1) is 5.92 Å². The fourth-order valence-corrected chi connectivity index (χ4v) is 2.58. The van der Waals surface area contributed by atoms with E-state index < -0.39 is 0 Å². The summed E-state index contributed by atoms with van der Waals surface area (Å²) in [6, 6.07) is 6.95. The normalized spacial score (nSPS) is 15.1. The average molecular weight is 276 g/mol. The second-order valence-electron chi connectivity index (χ2n) is 5.21. The van der Waals surface area contributed by atoms with E-state index in [1.165, 1.54) is 20.0 Å². The first kappa shape index (κ1) is 14.6. The summed E-state index contributed by atoms with van der Waals surface area (Å²) < 4.78 is 9.93. The summed E-state index contributed by atoms with van der Waals surface area (Å²) >= 11 is 0. The van der Waals surface area contributed by atoms with Crippen LogP contribution in [0.25, 0.3) is 0 Å². The van der Waals surface area contributed by atoms with Gasteiger partial charge in [-0.3, -0.25) is 4.79 Å². The van der Waals surface area contributed by atoms with Crippen LogP contribution in [-0.2, 0) is 20.9 Å². The lowest BCUT2D eigenvalue weighted by atomic mass is 10.0. The minimum Gasteiger partial charge on any atom is -0.465 e. The summed E-state index contributed by atoms with van der Waals surface area (Å²) in [6.07, 6.45) is 5.22. The molecule has 1 aromatic carbocycles. The van der Waals surface area contributed by atoms with Gasteiger partial charge in [0.25, 0.3) is 0 Å². The number of ether oxygens (including phenoxy) is 2. The van der Waals surface area contributed by atoms with Crippen molar-refractivity contribution in [2.45, 2.75) is 38.7 Å². The van der Waals surface area contributed by atoms with Crippen LogP contribution in [0.5, 0.6) is 0 Å². The van der Waals surface area contributed by atoms with Gasteiger partial charge in [0.05, 0.1) is 12.7 Å². The molecule has 0 spiro atoms. The van der Waals surface area contributed by atoms with Crippen molar-refractivity contribution >= 4 is 11.9 Å². The minimum absolute atomic E-state index is 0.152. The largest absolute Gasteiger partial charge is 0.465 e. The quantitative estimate of drug-likeness (QED) is 0.775. The first-order chi connectivity index (χ1) is 9.69. The van der Waals surface area contributed by atoms with Crippen molar-refractivity contribution < 1.29 is 19.1 Å². The van der Waals surface area contributed by atoms with Gasteiger partial charge in [0, 0.05) is 6.42 Å². The van der Waals surface area contributed by atoms with Gasteiger partial charge in [0.1, 0.15) is 6.61 Å². The minimum atomic E-state index is -0.385. The van der Waals surface area contributed by atoms with Crippen LogP contribution in [0.2, 0.25) is 0 Å². The number of esters is 2. The van der Waals surface area contributed by atoms with Crippen LogP contribution >= 0.6 is 0 Å². The van der Waals surface area contributed by atoms with Crippen LogP contribution < -0.4 is 0 Å². The third-order valence-corrected chi connectivity index (χ3v) is 3.68. The maximum absolute atomic E-state index is 11.7. The van der Waals surface area contributed by atoms with E-state index in [0.717, 1.165) is 18.4 Å². The predicted molar refractivity (Wildman–Crippen MR) is 74.2 cm³/mol. The van der Waals surface area contributed by atoms with Crippen molar-refractivity contribution in [3.8, 4) is 0 Å². The summed E-state index contributed by atoms with van der Waals surface area (Å²) in [5, 5.41) is 0. The van der Waals surface area contributed by atoms with Crippen molar-refractivity contribution in [3.63, 3.8) is 0 Å². The third-order valence-electron chi connectivity index (χ3n) is 3.68. The first-order valence-corrected chi connectivity index (χ1v) is 7.02. The van der Waals surface area contributed by atoms with Gasteiger partial charge in [-0.1, -0.05) is 25.0 Å². The molecule has 0 radical (unpaired) electrons. The maximum Gasteiger partial charge on any atom is 0.337 e. The number of carbonyl (C=O) groups is 2. The van der Waals surface area contributed by atoms with Crippen molar-refractivity contribution in [2.75, 3.05) is 7.11 Å². The molecular weight excluding hydrogens is 256 g/mol. The highest BCUT2D eigenvalue weighted by Crippen LogP contribution is 2.27. The number of benzene rings is 1. The highest BCUT2D eigenvalue weighted by molar-refractivity contribution is 5.89. The van der Waals surface area contributed by atoms with Gasteiger partial charge >= 0.3 is 11.9 Å². The third kappa shape index (κ3) is 4.08. The van der Waals surface area contributed by atoms with Gasteiger partial charge in [-0.25, -0.2) is 4.79 Å². The zero-order chi connectivity index (χ0) is 14.4. The Bertz CT molecular complexity index is 475. The Labute approximate surface area is 119 Å². The van der Waals surface area contributed by atoms with Gasteiger partial charge in [0.15, 0.2) is 0 Å². The van der Waals surface area contributed by atoms with Crippen LogP contribution in [0.1, 0.15) is 48.0 Å². The molecule has 1 aromatic rings. The Balaban J connectivity index is 1.83. The zero-order valence-electron chi connectivity index (χ0n) is 11.8. The zero-order valence-corrected chi connectivity index (χ0v) is 11.8. The van der Waals surface area contributed by atoms with Crippen LogP contribution in [-0.4, -0.2) is 19.0 Å². The van der Waals surface area contributed by atoms with E-state index >= 15 is 0 Å². The van der Waals surface area contributed by atoms with E-state index in [4.69, 9.17) is 4.74 Å². The Kier molecular flexibility index (Phi) is 5.16. The highest BCUT2D eigenvalue weighted by Gasteiger charge is 2.19. The topological polar surface area (TPSA) is 52.6 Å². The molecule has 0 bridgehead atoms. The van der Waals surface area contributed by atoms with Gasteiger partial charge in [-0.2, -0.15) is 0 Å². The molecular formula is C16H20O4. The highest BCUT2D eigenvalue weighted by atomic mass is 16.5. The lowest BCUT2D eigenvalue weighted by Crippen LogP contribution is -2.10. The molecule has 1 saturated carbocycles. The van der Waals surface area contributed by atoms with E-state index in [-0.39, 0.29) is 18.5 Å². The summed E-state index contributed by atoms with van der Waals surface area (Å²) in [7, 11) is 1.34. The SMILES string of the molecule is COC(=O)c1cccc(COC(=O)CC2CCCC2)c1. The Morgan fingerprint density at radius 3 is 2.70 bits per heavy atom. The average Bonchev–Trinajstić information content (AvgIpc) is 2.97. The van der Waals surface area contributed by atoms with Gasteiger partial charge in [0.2, 0.25) is 0 Å². The molecule has 0 unspecified atom stereocenters. The van der Waals surface area contributed by atoms with Crippen molar-refractivity contribution in [3.05, 3.63) is 35.4 Å².